The minimum Gasteiger partial charge on any atom is -0.481 e. The molecule has 1 rings (SSSR count). The van der Waals surface area contributed by atoms with Crippen molar-refractivity contribution in [2.75, 3.05) is 13.2 Å². The second-order valence-corrected chi connectivity index (χ2v) is 5.99. The fourth-order valence-electron chi connectivity index (χ4n) is 2.67. The average molecular weight is 300 g/mol. The highest BCUT2D eigenvalue weighted by molar-refractivity contribution is 5.66. The number of ether oxygens (including phenoxy) is 2. The number of aliphatic carboxylic acids is 1. The summed E-state index contributed by atoms with van der Waals surface area (Å²) in [6.07, 6.45) is 14.4. The lowest BCUT2D eigenvalue weighted by molar-refractivity contribution is -0.162. The summed E-state index contributed by atoms with van der Waals surface area (Å²) < 4.78 is 11.2. The summed E-state index contributed by atoms with van der Waals surface area (Å²) >= 11 is 0. The molecule has 1 fully saturated rings. The Hall–Kier alpha value is -0.610. The molecule has 0 aromatic carbocycles. The van der Waals surface area contributed by atoms with Gasteiger partial charge in [0.05, 0.1) is 0 Å². The molecule has 0 amide bonds. The van der Waals surface area contributed by atoms with Crippen LogP contribution in [0.2, 0.25) is 0 Å². The topological polar surface area (TPSA) is 55.8 Å². The van der Waals surface area contributed by atoms with Gasteiger partial charge < -0.3 is 14.6 Å². The monoisotopic (exact) mass is 300 g/mol. The van der Waals surface area contributed by atoms with E-state index in [2.05, 4.69) is 0 Å². The number of rotatable bonds is 13. The fourth-order valence-corrected chi connectivity index (χ4v) is 2.67. The van der Waals surface area contributed by atoms with E-state index < -0.39 is 5.97 Å². The van der Waals surface area contributed by atoms with Crippen molar-refractivity contribution in [1.82, 2.24) is 0 Å². The van der Waals surface area contributed by atoms with Crippen LogP contribution in [-0.4, -0.2) is 30.6 Å². The molecule has 1 unspecified atom stereocenters. The number of carbonyl (C=O) groups is 1. The summed E-state index contributed by atoms with van der Waals surface area (Å²) in [4.78, 5) is 10.3. The molecule has 0 spiro atoms. The van der Waals surface area contributed by atoms with Crippen molar-refractivity contribution in [2.24, 2.45) is 0 Å². The number of hydrogen-bond acceptors (Lipinski definition) is 3. The van der Waals surface area contributed by atoms with Crippen LogP contribution in [0.15, 0.2) is 0 Å². The molecule has 0 saturated carbocycles. The van der Waals surface area contributed by atoms with Crippen LogP contribution in [0.5, 0.6) is 0 Å². The quantitative estimate of drug-likeness (QED) is 0.508. The van der Waals surface area contributed by atoms with Gasteiger partial charge >= 0.3 is 5.97 Å². The van der Waals surface area contributed by atoms with E-state index >= 15 is 0 Å². The third-order valence-electron chi connectivity index (χ3n) is 3.98. The highest BCUT2D eigenvalue weighted by Crippen LogP contribution is 2.15. The van der Waals surface area contributed by atoms with Crippen LogP contribution in [0.4, 0.5) is 0 Å². The maximum Gasteiger partial charge on any atom is 0.303 e. The van der Waals surface area contributed by atoms with Crippen molar-refractivity contribution in [3.05, 3.63) is 0 Å². The summed E-state index contributed by atoms with van der Waals surface area (Å²) in [5, 5.41) is 8.52. The first kappa shape index (κ1) is 18.4. The summed E-state index contributed by atoms with van der Waals surface area (Å²) in [5.74, 6) is -0.671. The standard InChI is InChI=1S/C17H32O4/c18-16(19)12-8-6-4-2-1-3-5-7-10-14-20-17-13-9-11-15-21-17/h17H,1-15H2,(H,18,19). The third-order valence-corrected chi connectivity index (χ3v) is 3.98. The second kappa shape index (κ2) is 13.1. The predicted molar refractivity (Wildman–Crippen MR) is 83.3 cm³/mol. The molecule has 1 aliphatic rings. The fraction of sp³-hybridized carbons (Fsp3) is 0.941. The van der Waals surface area contributed by atoms with Gasteiger partial charge in [-0.2, -0.15) is 0 Å². The minimum absolute atomic E-state index is 0.0598. The van der Waals surface area contributed by atoms with Crippen LogP contribution in [0.3, 0.4) is 0 Å². The lowest BCUT2D eigenvalue weighted by Gasteiger charge is -2.22. The Morgan fingerprint density at radius 3 is 2.14 bits per heavy atom. The first-order valence-electron chi connectivity index (χ1n) is 8.74. The van der Waals surface area contributed by atoms with E-state index in [9.17, 15) is 4.79 Å². The summed E-state index contributed by atoms with van der Waals surface area (Å²) in [6.45, 7) is 1.69. The normalized spacial score (nSPS) is 18.8. The molecule has 0 bridgehead atoms. The largest absolute Gasteiger partial charge is 0.481 e. The molecule has 21 heavy (non-hydrogen) atoms. The van der Waals surface area contributed by atoms with Crippen LogP contribution >= 0.6 is 0 Å². The molecule has 0 aromatic heterocycles. The second-order valence-electron chi connectivity index (χ2n) is 5.99. The first-order chi connectivity index (χ1) is 10.3. The van der Waals surface area contributed by atoms with Crippen molar-refractivity contribution in [3.8, 4) is 0 Å². The minimum atomic E-state index is -0.671. The Morgan fingerprint density at radius 2 is 1.57 bits per heavy atom. The predicted octanol–water partition coefficient (Wildman–Crippen LogP) is 4.52. The van der Waals surface area contributed by atoms with E-state index in [1.807, 2.05) is 0 Å². The van der Waals surface area contributed by atoms with E-state index in [-0.39, 0.29) is 6.29 Å². The molecular weight excluding hydrogens is 268 g/mol. The molecule has 124 valence electrons. The molecule has 4 heteroatoms. The van der Waals surface area contributed by atoms with Gasteiger partial charge in [-0.3, -0.25) is 4.79 Å². The highest BCUT2D eigenvalue weighted by atomic mass is 16.7. The van der Waals surface area contributed by atoms with E-state index in [1.165, 1.54) is 51.4 Å². The maximum atomic E-state index is 10.3. The summed E-state index contributed by atoms with van der Waals surface area (Å²) in [5.41, 5.74) is 0. The van der Waals surface area contributed by atoms with Gasteiger partial charge in [-0.1, -0.05) is 44.9 Å². The Bertz CT molecular complexity index is 249. The smallest absolute Gasteiger partial charge is 0.303 e. The lowest BCUT2D eigenvalue weighted by Crippen LogP contribution is -2.22. The Labute approximate surface area is 129 Å². The molecule has 0 radical (unpaired) electrons. The van der Waals surface area contributed by atoms with E-state index in [1.54, 1.807) is 0 Å². The van der Waals surface area contributed by atoms with Gasteiger partial charge in [-0.25, -0.2) is 0 Å². The summed E-state index contributed by atoms with van der Waals surface area (Å²) in [7, 11) is 0. The molecule has 1 heterocycles. The van der Waals surface area contributed by atoms with Crippen LogP contribution in [0.1, 0.15) is 83.5 Å². The van der Waals surface area contributed by atoms with Gasteiger partial charge in [-0.05, 0) is 32.1 Å². The van der Waals surface area contributed by atoms with Gasteiger partial charge in [0.25, 0.3) is 0 Å². The summed E-state index contributed by atoms with van der Waals surface area (Å²) in [6, 6.07) is 0. The number of carboxylic acids is 1. The molecule has 4 nitrogen and oxygen atoms in total. The van der Waals surface area contributed by atoms with Crippen LogP contribution in [-0.2, 0) is 14.3 Å². The van der Waals surface area contributed by atoms with Crippen LogP contribution < -0.4 is 0 Å². The molecular formula is C17H32O4. The zero-order chi connectivity index (χ0) is 15.2. The molecule has 0 aliphatic carbocycles. The van der Waals surface area contributed by atoms with E-state index in [0.29, 0.717) is 6.42 Å². The molecule has 1 atom stereocenters. The third kappa shape index (κ3) is 11.7. The Kier molecular flexibility index (Phi) is 11.5. The van der Waals surface area contributed by atoms with Gasteiger partial charge in [-0.15, -0.1) is 0 Å². The number of hydrogen-bond donors (Lipinski definition) is 1. The Balaban J connectivity index is 1.71. The van der Waals surface area contributed by atoms with Gasteiger partial charge in [0, 0.05) is 19.6 Å². The SMILES string of the molecule is O=C(O)CCCCCCCCCCCOC1CCCCO1. The zero-order valence-electron chi connectivity index (χ0n) is 13.4. The highest BCUT2D eigenvalue weighted by Gasteiger charge is 2.13. The van der Waals surface area contributed by atoms with Gasteiger partial charge in [0.15, 0.2) is 6.29 Å². The van der Waals surface area contributed by atoms with Gasteiger partial charge in [0.2, 0.25) is 0 Å². The van der Waals surface area contributed by atoms with Crippen molar-refractivity contribution < 1.29 is 19.4 Å². The van der Waals surface area contributed by atoms with Crippen molar-refractivity contribution in [2.45, 2.75) is 89.8 Å². The van der Waals surface area contributed by atoms with Crippen molar-refractivity contribution >= 4 is 5.97 Å². The van der Waals surface area contributed by atoms with Crippen molar-refractivity contribution in [1.29, 1.82) is 0 Å². The maximum absolute atomic E-state index is 10.3. The van der Waals surface area contributed by atoms with Crippen LogP contribution in [0.25, 0.3) is 0 Å². The van der Waals surface area contributed by atoms with Gasteiger partial charge in [0.1, 0.15) is 0 Å². The van der Waals surface area contributed by atoms with Crippen molar-refractivity contribution in [3.63, 3.8) is 0 Å². The number of carboxylic acid groups (broad SMARTS) is 1. The molecule has 1 saturated heterocycles. The van der Waals surface area contributed by atoms with Crippen LogP contribution in [0, 0.1) is 0 Å². The first-order valence-corrected chi connectivity index (χ1v) is 8.74. The zero-order valence-corrected chi connectivity index (χ0v) is 13.4. The van der Waals surface area contributed by atoms with E-state index in [0.717, 1.165) is 38.9 Å². The molecule has 0 aromatic rings. The lowest BCUT2D eigenvalue weighted by atomic mass is 10.1. The Morgan fingerprint density at radius 1 is 0.952 bits per heavy atom. The molecule has 1 aliphatic heterocycles. The van der Waals surface area contributed by atoms with E-state index in [4.69, 9.17) is 14.6 Å². The molecule has 1 N–H and O–H groups in total. The number of unbranched alkanes of at least 4 members (excludes halogenated alkanes) is 8. The average Bonchev–Trinajstić information content (AvgIpc) is 2.49.